The van der Waals surface area contributed by atoms with E-state index in [-0.39, 0.29) is 5.91 Å². The lowest BCUT2D eigenvalue weighted by Crippen LogP contribution is -2.23. The molecule has 1 aliphatic heterocycles. The molecule has 0 N–H and O–H groups in total. The maximum atomic E-state index is 11.4. The first-order valence-corrected chi connectivity index (χ1v) is 4.56. The summed E-state index contributed by atoms with van der Waals surface area (Å²) >= 11 is 0. The summed E-state index contributed by atoms with van der Waals surface area (Å²) in [4.78, 5) is 13.2. The zero-order valence-electron chi connectivity index (χ0n) is 7.71. The summed E-state index contributed by atoms with van der Waals surface area (Å²) < 4.78 is 0. The van der Waals surface area contributed by atoms with E-state index in [9.17, 15) is 4.79 Å². The van der Waals surface area contributed by atoms with Crippen LogP contribution >= 0.6 is 0 Å². The topological polar surface area (TPSA) is 20.3 Å². The molecule has 2 heteroatoms. The van der Waals surface area contributed by atoms with E-state index in [1.165, 1.54) is 0 Å². The maximum Gasteiger partial charge on any atom is 0.227 e. The first-order chi connectivity index (χ1) is 6.27. The molecule has 2 rings (SSSR count). The van der Waals surface area contributed by atoms with E-state index < -0.39 is 0 Å². The largest absolute Gasteiger partial charge is 0.312 e. The molecular formula is C11H12NO. The van der Waals surface area contributed by atoms with Gasteiger partial charge in [0.1, 0.15) is 0 Å². The number of benzene rings is 1. The second kappa shape index (κ2) is 3.21. The fourth-order valence-electron chi connectivity index (χ4n) is 1.66. The van der Waals surface area contributed by atoms with Crippen LogP contribution in [0.1, 0.15) is 18.4 Å². The third kappa shape index (κ3) is 1.57. The van der Waals surface area contributed by atoms with Gasteiger partial charge in [0.25, 0.3) is 0 Å². The van der Waals surface area contributed by atoms with E-state index >= 15 is 0 Å². The number of aryl methyl sites for hydroxylation is 1. The van der Waals surface area contributed by atoms with Crippen molar-refractivity contribution < 1.29 is 4.79 Å². The van der Waals surface area contributed by atoms with Crippen molar-refractivity contribution >= 4 is 11.6 Å². The Labute approximate surface area is 78.2 Å². The van der Waals surface area contributed by atoms with Gasteiger partial charge in [-0.1, -0.05) is 6.07 Å². The van der Waals surface area contributed by atoms with Gasteiger partial charge in [0.05, 0.1) is 0 Å². The van der Waals surface area contributed by atoms with Crippen LogP contribution in [0, 0.1) is 13.0 Å². The van der Waals surface area contributed by atoms with E-state index in [0.29, 0.717) is 6.42 Å². The van der Waals surface area contributed by atoms with Gasteiger partial charge in [-0.3, -0.25) is 4.79 Å². The number of nitrogens with zero attached hydrogens (tertiary/aromatic N) is 1. The lowest BCUT2D eigenvalue weighted by atomic mass is 10.2. The molecule has 0 aliphatic carbocycles. The monoisotopic (exact) mass is 174 g/mol. The summed E-state index contributed by atoms with van der Waals surface area (Å²) in [6.45, 7) is 2.85. The molecule has 0 atom stereocenters. The van der Waals surface area contributed by atoms with Gasteiger partial charge in [-0.05, 0) is 37.1 Å². The minimum atomic E-state index is 0.241. The second-order valence-electron chi connectivity index (χ2n) is 3.38. The molecule has 0 saturated carbocycles. The van der Waals surface area contributed by atoms with Crippen LogP contribution in [0.15, 0.2) is 18.2 Å². The molecule has 13 heavy (non-hydrogen) atoms. The standard InChI is InChI=1S/C11H12NO/c1-9-4-2-5-10(8-9)12-7-3-6-11(12)13/h2,5,8H,3,6-7H2,1H3. The Bertz CT molecular complexity index is 333. The van der Waals surface area contributed by atoms with Crippen LogP contribution in [0.5, 0.6) is 0 Å². The van der Waals surface area contributed by atoms with E-state index in [0.717, 1.165) is 24.2 Å². The zero-order valence-corrected chi connectivity index (χ0v) is 7.71. The molecule has 1 aromatic carbocycles. The second-order valence-corrected chi connectivity index (χ2v) is 3.38. The van der Waals surface area contributed by atoms with Crippen molar-refractivity contribution in [2.45, 2.75) is 19.8 Å². The molecule has 1 saturated heterocycles. The molecule has 1 fully saturated rings. The van der Waals surface area contributed by atoms with Crippen LogP contribution in [0.2, 0.25) is 0 Å². The van der Waals surface area contributed by atoms with E-state index in [1.54, 1.807) is 0 Å². The van der Waals surface area contributed by atoms with Crippen molar-refractivity contribution in [2.75, 3.05) is 11.4 Å². The fraction of sp³-hybridized carbons (Fsp3) is 0.364. The number of carbonyl (C=O) groups excluding carboxylic acids is 1. The van der Waals surface area contributed by atoms with Crippen LogP contribution in [-0.4, -0.2) is 12.5 Å². The highest BCUT2D eigenvalue weighted by molar-refractivity contribution is 5.95. The number of anilines is 1. The number of amides is 1. The minimum Gasteiger partial charge on any atom is -0.312 e. The van der Waals surface area contributed by atoms with Gasteiger partial charge in [-0.15, -0.1) is 0 Å². The SMILES string of the molecule is Cc1[c]ccc(N2CCCC2=O)c1. The highest BCUT2D eigenvalue weighted by Crippen LogP contribution is 2.21. The van der Waals surface area contributed by atoms with E-state index in [4.69, 9.17) is 0 Å². The average Bonchev–Trinajstić information content (AvgIpc) is 2.51. The summed E-state index contributed by atoms with van der Waals surface area (Å²) in [5.74, 6) is 0.241. The van der Waals surface area contributed by atoms with Crippen molar-refractivity contribution in [1.29, 1.82) is 0 Å². The van der Waals surface area contributed by atoms with Gasteiger partial charge in [0.15, 0.2) is 0 Å². The minimum absolute atomic E-state index is 0.241. The molecule has 67 valence electrons. The highest BCUT2D eigenvalue weighted by Gasteiger charge is 2.21. The normalized spacial score (nSPS) is 16.7. The molecule has 1 aliphatic rings. The smallest absolute Gasteiger partial charge is 0.227 e. The Morgan fingerprint density at radius 1 is 1.54 bits per heavy atom. The summed E-state index contributed by atoms with van der Waals surface area (Å²) in [6, 6.07) is 8.89. The van der Waals surface area contributed by atoms with Gasteiger partial charge < -0.3 is 4.90 Å². The molecule has 0 spiro atoms. The highest BCUT2D eigenvalue weighted by atomic mass is 16.2. The Balaban J connectivity index is 2.29. The van der Waals surface area contributed by atoms with Crippen LogP contribution in [0.25, 0.3) is 0 Å². The van der Waals surface area contributed by atoms with Crippen molar-refractivity contribution in [3.8, 4) is 0 Å². The van der Waals surface area contributed by atoms with Gasteiger partial charge in [-0.2, -0.15) is 0 Å². The van der Waals surface area contributed by atoms with E-state index in [1.807, 2.05) is 30.0 Å². The summed E-state index contributed by atoms with van der Waals surface area (Å²) in [7, 11) is 0. The van der Waals surface area contributed by atoms with Gasteiger partial charge in [-0.25, -0.2) is 0 Å². The van der Waals surface area contributed by atoms with Crippen LogP contribution in [0.3, 0.4) is 0 Å². The van der Waals surface area contributed by atoms with Crippen molar-refractivity contribution in [3.63, 3.8) is 0 Å². The molecule has 1 amide bonds. The first-order valence-electron chi connectivity index (χ1n) is 4.56. The van der Waals surface area contributed by atoms with Crippen molar-refractivity contribution in [2.24, 2.45) is 0 Å². The molecule has 1 heterocycles. The number of rotatable bonds is 1. The van der Waals surface area contributed by atoms with Gasteiger partial charge in [0.2, 0.25) is 5.91 Å². The Morgan fingerprint density at radius 2 is 2.38 bits per heavy atom. The molecule has 1 radical (unpaired) electrons. The van der Waals surface area contributed by atoms with Gasteiger partial charge in [0, 0.05) is 18.7 Å². The predicted molar refractivity (Wildman–Crippen MR) is 51.6 cm³/mol. The van der Waals surface area contributed by atoms with Crippen molar-refractivity contribution in [1.82, 2.24) is 0 Å². The van der Waals surface area contributed by atoms with Crippen LogP contribution in [-0.2, 0) is 4.79 Å². The summed E-state index contributed by atoms with van der Waals surface area (Å²) in [5.41, 5.74) is 2.09. The molecule has 0 bridgehead atoms. The number of hydrogen-bond acceptors (Lipinski definition) is 1. The fourth-order valence-corrected chi connectivity index (χ4v) is 1.66. The maximum absolute atomic E-state index is 11.4. The Hall–Kier alpha value is -1.31. The van der Waals surface area contributed by atoms with E-state index in [2.05, 4.69) is 6.07 Å². The molecule has 1 aromatic rings. The quantitative estimate of drug-likeness (QED) is 0.637. The summed E-state index contributed by atoms with van der Waals surface area (Å²) in [6.07, 6.45) is 1.67. The van der Waals surface area contributed by atoms with Crippen molar-refractivity contribution in [3.05, 3.63) is 29.8 Å². The Morgan fingerprint density at radius 3 is 3.00 bits per heavy atom. The molecule has 2 nitrogen and oxygen atoms in total. The lowest BCUT2D eigenvalue weighted by Gasteiger charge is -2.15. The lowest BCUT2D eigenvalue weighted by molar-refractivity contribution is -0.117. The Kier molecular flexibility index (Phi) is 2.05. The molecule has 0 unspecified atom stereocenters. The molecular weight excluding hydrogens is 162 g/mol. The van der Waals surface area contributed by atoms with Crippen LogP contribution in [0.4, 0.5) is 5.69 Å². The zero-order chi connectivity index (χ0) is 9.26. The number of hydrogen-bond donors (Lipinski definition) is 0. The van der Waals surface area contributed by atoms with Crippen LogP contribution < -0.4 is 4.90 Å². The summed E-state index contributed by atoms with van der Waals surface area (Å²) in [5, 5.41) is 0. The average molecular weight is 174 g/mol. The first kappa shape index (κ1) is 8.30. The third-order valence-corrected chi connectivity index (χ3v) is 2.31. The van der Waals surface area contributed by atoms with Gasteiger partial charge >= 0.3 is 0 Å². The molecule has 0 aromatic heterocycles. The predicted octanol–water partition coefficient (Wildman–Crippen LogP) is 1.92. The number of carbonyl (C=O) groups is 1. The third-order valence-electron chi connectivity index (χ3n) is 2.31.